The molecule has 2 aliphatic rings. The van der Waals surface area contributed by atoms with E-state index in [0.717, 1.165) is 50.7 Å². The molecule has 1 amide bonds. The van der Waals surface area contributed by atoms with E-state index in [9.17, 15) is 9.59 Å². The van der Waals surface area contributed by atoms with Gasteiger partial charge in [0.25, 0.3) is 5.91 Å². The number of fused-ring (bicyclic) bond motifs is 1. The fourth-order valence-corrected chi connectivity index (χ4v) is 5.82. The van der Waals surface area contributed by atoms with E-state index in [-0.39, 0.29) is 22.3 Å². The minimum atomic E-state index is -0.356. The van der Waals surface area contributed by atoms with Gasteiger partial charge in [0.15, 0.2) is 16.1 Å². The monoisotopic (exact) mass is 544 g/mol. The van der Waals surface area contributed by atoms with E-state index in [0.29, 0.717) is 16.0 Å². The lowest BCUT2D eigenvalue weighted by Gasteiger charge is -2.22. The lowest BCUT2D eigenvalue weighted by molar-refractivity contribution is -0.120. The zero-order valence-electron chi connectivity index (χ0n) is 21.2. The van der Waals surface area contributed by atoms with Gasteiger partial charge >= 0.3 is 0 Å². The van der Waals surface area contributed by atoms with Gasteiger partial charge in [-0.25, -0.2) is 15.0 Å². The molecule has 2 aromatic carbocycles. The maximum atomic E-state index is 13.1. The molecule has 0 bridgehead atoms. The van der Waals surface area contributed by atoms with Gasteiger partial charge in [0.1, 0.15) is 16.4 Å². The largest absolute Gasteiger partial charge is 0.497 e. The molecule has 0 atom stereocenters. The highest BCUT2D eigenvalue weighted by Gasteiger charge is 2.35. The van der Waals surface area contributed by atoms with Gasteiger partial charge in [0.05, 0.1) is 31.4 Å². The van der Waals surface area contributed by atoms with Gasteiger partial charge in [-0.2, -0.15) is 0 Å². The fourth-order valence-electron chi connectivity index (χ4n) is 3.95. The molecular formula is C28H24N4O4S2. The van der Waals surface area contributed by atoms with Crippen molar-refractivity contribution < 1.29 is 19.1 Å². The van der Waals surface area contributed by atoms with Gasteiger partial charge in [-0.1, -0.05) is 22.7 Å². The molecule has 0 radical (unpaired) electrons. The maximum absolute atomic E-state index is 13.1. The Morgan fingerprint density at radius 3 is 2.21 bits per heavy atom. The number of benzene rings is 2. The van der Waals surface area contributed by atoms with Gasteiger partial charge in [-0.15, -0.1) is 0 Å². The molecule has 5 rings (SSSR count). The average Bonchev–Trinajstić information content (AvgIpc) is 3.28. The van der Waals surface area contributed by atoms with Crippen molar-refractivity contribution in [3.05, 3.63) is 77.6 Å². The van der Waals surface area contributed by atoms with Crippen molar-refractivity contribution in [2.75, 3.05) is 20.0 Å². The SMILES string of the molecule is COc1ccc(C2=NC3=S=C(C(=O)CSc4nc(C)cc(-c5ccc(OC)cc5)n4)C(=O)N3C(C)=C2)cc1. The molecule has 8 nitrogen and oxygen atoms in total. The normalized spacial score (nSPS) is 14.5. The zero-order chi connectivity index (χ0) is 26.8. The third-order valence-electron chi connectivity index (χ3n) is 5.89. The molecule has 38 heavy (non-hydrogen) atoms. The van der Waals surface area contributed by atoms with Gasteiger partial charge < -0.3 is 9.47 Å². The number of hydrogen-bond donors (Lipinski definition) is 0. The van der Waals surface area contributed by atoms with Crippen molar-refractivity contribution >= 4 is 50.1 Å². The smallest absolute Gasteiger partial charge is 0.278 e. The van der Waals surface area contributed by atoms with Crippen molar-refractivity contribution in [1.82, 2.24) is 14.9 Å². The standard InChI is InChI=1S/C28H24N4O4S2/c1-16-13-22(18-5-9-20(35-3)10-6-18)30-27(29-16)37-15-24(33)25-26(34)32-17(2)14-23(31-28(32)38-25)19-7-11-21(36-4)12-8-19/h5-14H,15H2,1-4H3. The Balaban J connectivity index is 1.35. The number of methoxy groups -OCH3 is 2. The summed E-state index contributed by atoms with van der Waals surface area (Å²) in [4.78, 5) is 41.6. The summed E-state index contributed by atoms with van der Waals surface area (Å²) < 4.78 is 10.5. The number of amides is 1. The number of ketones is 1. The first-order chi connectivity index (χ1) is 18.4. The minimum Gasteiger partial charge on any atom is -0.497 e. The van der Waals surface area contributed by atoms with Crippen LogP contribution in [0.25, 0.3) is 11.3 Å². The summed E-state index contributed by atoms with van der Waals surface area (Å²) in [7, 11) is 4.34. The summed E-state index contributed by atoms with van der Waals surface area (Å²) in [6.45, 7) is 3.72. The van der Waals surface area contributed by atoms with Gasteiger partial charge in [-0.05, 0) is 74.5 Å². The van der Waals surface area contributed by atoms with E-state index in [2.05, 4.69) is 15.0 Å². The molecule has 3 aromatic rings. The Morgan fingerprint density at radius 1 is 0.947 bits per heavy atom. The Bertz CT molecular complexity index is 1570. The summed E-state index contributed by atoms with van der Waals surface area (Å²) >= 11 is 1.21. The van der Waals surface area contributed by atoms with Crippen LogP contribution in [0, 0.1) is 6.92 Å². The Hall–Kier alpha value is -4.02. The number of allylic oxidation sites excluding steroid dienone is 2. The van der Waals surface area contributed by atoms with Crippen molar-refractivity contribution in [3.8, 4) is 22.8 Å². The second-order valence-electron chi connectivity index (χ2n) is 8.48. The molecule has 0 N–H and O–H groups in total. The molecule has 3 heterocycles. The summed E-state index contributed by atoms with van der Waals surface area (Å²) in [6, 6.07) is 17.0. The van der Waals surface area contributed by atoms with Crippen molar-refractivity contribution in [2.45, 2.75) is 19.0 Å². The maximum Gasteiger partial charge on any atom is 0.278 e. The highest BCUT2D eigenvalue weighted by atomic mass is 32.2. The zero-order valence-corrected chi connectivity index (χ0v) is 22.9. The number of aliphatic imine (C=N–C) groups is 1. The first-order valence-electron chi connectivity index (χ1n) is 11.7. The van der Waals surface area contributed by atoms with E-state index in [1.165, 1.54) is 16.7 Å². The third kappa shape index (κ3) is 5.18. The number of nitrogens with zero attached hydrogens (tertiary/aromatic N) is 4. The summed E-state index contributed by atoms with van der Waals surface area (Å²) in [6.07, 6.45) is 1.84. The molecule has 0 aliphatic carbocycles. The molecular weight excluding hydrogens is 520 g/mol. The van der Waals surface area contributed by atoms with Crippen LogP contribution in [-0.2, 0) is 9.59 Å². The van der Waals surface area contributed by atoms with Crippen LogP contribution in [0.3, 0.4) is 0 Å². The van der Waals surface area contributed by atoms with Crippen LogP contribution >= 0.6 is 22.7 Å². The molecule has 0 saturated heterocycles. The number of hydrogen-bond acceptors (Lipinski definition) is 8. The molecule has 0 spiro atoms. The number of aromatic nitrogens is 2. The van der Waals surface area contributed by atoms with Gasteiger partial charge in [-0.3, -0.25) is 14.5 Å². The molecule has 0 unspecified atom stereocenters. The van der Waals surface area contributed by atoms with Gasteiger partial charge in [0, 0.05) is 22.5 Å². The fraction of sp³-hybridized carbons (Fsp3) is 0.179. The van der Waals surface area contributed by atoms with Crippen LogP contribution in [-0.4, -0.2) is 62.2 Å². The molecule has 0 fully saturated rings. The first kappa shape index (κ1) is 25.6. The number of carbonyl (C=O) groups is 2. The van der Waals surface area contributed by atoms with Crippen LogP contribution in [0.4, 0.5) is 0 Å². The van der Waals surface area contributed by atoms with Crippen LogP contribution in [0.1, 0.15) is 18.2 Å². The van der Waals surface area contributed by atoms with E-state index in [1.807, 2.05) is 74.5 Å². The number of thioether (sulfide) groups is 1. The number of aryl methyl sites for hydroxylation is 1. The molecule has 2 aliphatic heterocycles. The number of carbonyl (C=O) groups excluding carboxylic acids is 2. The average molecular weight is 545 g/mol. The van der Waals surface area contributed by atoms with Crippen LogP contribution in [0.5, 0.6) is 11.5 Å². The van der Waals surface area contributed by atoms with Gasteiger partial charge in [0.2, 0.25) is 0 Å². The molecule has 192 valence electrons. The second kappa shape index (κ2) is 10.8. The van der Waals surface area contributed by atoms with Crippen LogP contribution < -0.4 is 9.47 Å². The highest BCUT2D eigenvalue weighted by molar-refractivity contribution is 8.03. The Morgan fingerprint density at radius 2 is 1.58 bits per heavy atom. The molecule has 10 heteroatoms. The first-order valence-corrected chi connectivity index (χ1v) is 13.5. The predicted molar refractivity (Wildman–Crippen MR) is 152 cm³/mol. The number of ether oxygens (including phenoxy) is 2. The lowest BCUT2D eigenvalue weighted by Crippen LogP contribution is -2.39. The third-order valence-corrected chi connectivity index (χ3v) is 7.80. The van der Waals surface area contributed by atoms with Crippen LogP contribution in [0.15, 0.2) is 76.5 Å². The number of Topliss-reactive ketones (excluding diaryl/α,β-unsaturated/α-hetero) is 1. The minimum absolute atomic E-state index is 0.0402. The second-order valence-corrected chi connectivity index (χ2v) is 10.4. The topological polar surface area (TPSA) is 94.0 Å². The lowest BCUT2D eigenvalue weighted by atomic mass is 10.1. The van der Waals surface area contributed by atoms with E-state index >= 15 is 0 Å². The Labute approximate surface area is 228 Å². The molecule has 0 saturated carbocycles. The predicted octanol–water partition coefficient (Wildman–Crippen LogP) is 4.37. The summed E-state index contributed by atoms with van der Waals surface area (Å²) in [5.74, 6) is 0.912. The van der Waals surface area contributed by atoms with Crippen LogP contribution in [0.2, 0.25) is 0 Å². The van der Waals surface area contributed by atoms with Crippen molar-refractivity contribution in [1.29, 1.82) is 0 Å². The van der Waals surface area contributed by atoms with E-state index < -0.39 is 0 Å². The highest BCUT2D eigenvalue weighted by Crippen LogP contribution is 2.26. The van der Waals surface area contributed by atoms with Crippen molar-refractivity contribution in [3.63, 3.8) is 0 Å². The quantitative estimate of drug-likeness (QED) is 0.236. The van der Waals surface area contributed by atoms with E-state index in [4.69, 9.17) is 9.47 Å². The summed E-state index contributed by atoms with van der Waals surface area (Å²) in [5, 5.41) is 0.948. The molecule has 1 aromatic heterocycles. The summed E-state index contributed by atoms with van der Waals surface area (Å²) in [5.41, 5.74) is 4.78. The Kier molecular flexibility index (Phi) is 7.26. The number of rotatable bonds is 8. The van der Waals surface area contributed by atoms with E-state index in [1.54, 1.807) is 14.2 Å². The van der Waals surface area contributed by atoms with Crippen molar-refractivity contribution in [2.24, 2.45) is 4.99 Å².